The number of benzene rings is 2. The van der Waals surface area contributed by atoms with E-state index in [1.165, 1.54) is 0 Å². The molecule has 0 bridgehead atoms. The molecular weight excluding hydrogens is 336 g/mol. The number of hydrogen-bond donors (Lipinski definition) is 2. The van der Waals surface area contributed by atoms with Gasteiger partial charge in [-0.1, -0.05) is 60.7 Å². The normalized spacial score (nSPS) is 16.4. The lowest BCUT2D eigenvalue weighted by Gasteiger charge is -2.20. The zero-order chi connectivity index (χ0) is 16.6. The number of amides is 1. The molecule has 4 nitrogen and oxygen atoms in total. The quantitative estimate of drug-likeness (QED) is 0.797. The van der Waals surface area contributed by atoms with Crippen molar-refractivity contribution in [2.24, 2.45) is 0 Å². The second-order valence-corrected chi connectivity index (χ2v) is 6.09. The van der Waals surface area contributed by atoms with Gasteiger partial charge in [-0.25, -0.2) is 0 Å². The smallest absolute Gasteiger partial charge is 0.234 e. The molecule has 3 rings (SSSR count). The number of rotatable bonds is 7. The van der Waals surface area contributed by atoms with Gasteiger partial charge in [0.2, 0.25) is 5.91 Å². The molecule has 0 radical (unpaired) electrons. The van der Waals surface area contributed by atoms with Crippen molar-refractivity contribution >= 4 is 18.3 Å². The SMILES string of the molecule is Cl.O=C(CNCC1CCCO1)NC(c1ccccc1)c1ccccc1. The largest absolute Gasteiger partial charge is 0.377 e. The second kappa shape index (κ2) is 10.2. The average Bonchev–Trinajstić information content (AvgIpc) is 3.15. The first kappa shape index (κ1) is 19.4. The van der Waals surface area contributed by atoms with Gasteiger partial charge in [-0.05, 0) is 24.0 Å². The van der Waals surface area contributed by atoms with Crippen molar-refractivity contribution in [2.75, 3.05) is 19.7 Å². The minimum atomic E-state index is -0.135. The molecular formula is C20H25ClN2O2. The van der Waals surface area contributed by atoms with Gasteiger partial charge in [-0.2, -0.15) is 0 Å². The summed E-state index contributed by atoms with van der Waals surface area (Å²) in [7, 11) is 0. The molecule has 1 aliphatic heterocycles. The van der Waals surface area contributed by atoms with Gasteiger partial charge in [0.15, 0.2) is 0 Å². The van der Waals surface area contributed by atoms with Gasteiger partial charge in [-0.3, -0.25) is 4.79 Å². The molecule has 2 aromatic rings. The summed E-state index contributed by atoms with van der Waals surface area (Å²) < 4.78 is 5.56. The summed E-state index contributed by atoms with van der Waals surface area (Å²) in [5, 5.41) is 6.33. The van der Waals surface area contributed by atoms with Crippen molar-refractivity contribution in [3.8, 4) is 0 Å². The number of ether oxygens (including phenoxy) is 1. The second-order valence-electron chi connectivity index (χ2n) is 6.09. The Bertz CT molecular complexity index is 591. The van der Waals surface area contributed by atoms with Crippen LogP contribution >= 0.6 is 12.4 Å². The molecule has 5 heteroatoms. The van der Waals surface area contributed by atoms with E-state index in [9.17, 15) is 4.79 Å². The Kier molecular flexibility index (Phi) is 7.92. The van der Waals surface area contributed by atoms with E-state index in [0.717, 1.165) is 37.1 Å². The molecule has 134 valence electrons. The first-order chi connectivity index (χ1) is 11.8. The maximum Gasteiger partial charge on any atom is 0.234 e. The maximum absolute atomic E-state index is 12.4. The molecule has 2 aromatic carbocycles. The number of hydrogen-bond acceptors (Lipinski definition) is 3. The summed E-state index contributed by atoms with van der Waals surface area (Å²) in [6.45, 7) is 1.87. The molecule has 1 heterocycles. The molecule has 1 atom stereocenters. The monoisotopic (exact) mass is 360 g/mol. The number of carbonyl (C=O) groups is 1. The van der Waals surface area contributed by atoms with Gasteiger partial charge < -0.3 is 15.4 Å². The van der Waals surface area contributed by atoms with Crippen LogP contribution in [0.25, 0.3) is 0 Å². The highest BCUT2D eigenvalue weighted by Gasteiger charge is 2.18. The van der Waals surface area contributed by atoms with E-state index in [1.807, 2.05) is 60.7 Å². The zero-order valence-corrected chi connectivity index (χ0v) is 15.0. The predicted octanol–water partition coefficient (Wildman–Crippen LogP) is 3.08. The predicted molar refractivity (Wildman–Crippen MR) is 102 cm³/mol. The molecule has 0 aliphatic carbocycles. The van der Waals surface area contributed by atoms with Crippen LogP contribution in [0.4, 0.5) is 0 Å². The molecule has 1 aliphatic rings. The Morgan fingerprint density at radius 2 is 1.64 bits per heavy atom. The standard InChI is InChI=1S/C20H24N2O2.ClH/c23-19(15-21-14-18-12-7-13-24-18)22-20(16-8-3-1-4-9-16)17-10-5-2-6-11-17;/h1-6,8-11,18,20-21H,7,12-15H2,(H,22,23);1H. The fourth-order valence-electron chi connectivity index (χ4n) is 3.01. The summed E-state index contributed by atoms with van der Waals surface area (Å²) in [5.41, 5.74) is 2.16. The first-order valence-corrected chi connectivity index (χ1v) is 8.54. The Hall–Kier alpha value is -1.88. The lowest BCUT2D eigenvalue weighted by atomic mass is 9.99. The number of halogens is 1. The molecule has 0 saturated carbocycles. The molecule has 0 aromatic heterocycles. The Morgan fingerprint density at radius 3 is 2.16 bits per heavy atom. The minimum Gasteiger partial charge on any atom is -0.377 e. The molecule has 1 saturated heterocycles. The van der Waals surface area contributed by atoms with Crippen LogP contribution in [-0.2, 0) is 9.53 Å². The van der Waals surface area contributed by atoms with Crippen LogP contribution in [-0.4, -0.2) is 31.7 Å². The van der Waals surface area contributed by atoms with E-state index in [0.29, 0.717) is 6.54 Å². The van der Waals surface area contributed by atoms with E-state index in [-0.39, 0.29) is 30.5 Å². The molecule has 2 N–H and O–H groups in total. The van der Waals surface area contributed by atoms with Gasteiger partial charge in [0.05, 0.1) is 18.7 Å². The third-order valence-electron chi connectivity index (χ3n) is 4.25. The summed E-state index contributed by atoms with van der Waals surface area (Å²) in [6, 6.07) is 20.0. The number of nitrogens with one attached hydrogen (secondary N) is 2. The summed E-state index contributed by atoms with van der Waals surface area (Å²) in [6.07, 6.45) is 2.44. The fraction of sp³-hybridized carbons (Fsp3) is 0.350. The van der Waals surface area contributed by atoms with E-state index in [1.54, 1.807) is 0 Å². The van der Waals surface area contributed by atoms with E-state index in [2.05, 4.69) is 10.6 Å². The Balaban J connectivity index is 0.00000225. The molecule has 1 unspecified atom stereocenters. The summed E-state index contributed by atoms with van der Waals surface area (Å²) >= 11 is 0. The van der Waals surface area contributed by atoms with Gasteiger partial charge in [0.25, 0.3) is 0 Å². The van der Waals surface area contributed by atoms with Crippen LogP contribution in [0, 0.1) is 0 Å². The Morgan fingerprint density at radius 1 is 1.04 bits per heavy atom. The van der Waals surface area contributed by atoms with Crippen LogP contribution in [0.5, 0.6) is 0 Å². The molecule has 25 heavy (non-hydrogen) atoms. The van der Waals surface area contributed by atoms with E-state index < -0.39 is 0 Å². The molecule has 1 amide bonds. The molecule has 1 fully saturated rings. The van der Waals surface area contributed by atoms with Gasteiger partial charge in [-0.15, -0.1) is 12.4 Å². The third kappa shape index (κ3) is 5.85. The highest BCUT2D eigenvalue weighted by molar-refractivity contribution is 5.85. The average molecular weight is 361 g/mol. The third-order valence-corrected chi connectivity index (χ3v) is 4.25. The van der Waals surface area contributed by atoms with E-state index >= 15 is 0 Å². The van der Waals surface area contributed by atoms with Crippen molar-refractivity contribution in [1.29, 1.82) is 0 Å². The summed E-state index contributed by atoms with van der Waals surface area (Å²) in [4.78, 5) is 12.4. The van der Waals surface area contributed by atoms with Crippen LogP contribution < -0.4 is 10.6 Å². The zero-order valence-electron chi connectivity index (χ0n) is 14.2. The lowest BCUT2D eigenvalue weighted by Crippen LogP contribution is -2.39. The van der Waals surface area contributed by atoms with Crippen molar-refractivity contribution in [3.63, 3.8) is 0 Å². The van der Waals surface area contributed by atoms with Gasteiger partial charge in [0, 0.05) is 13.2 Å². The number of carbonyl (C=O) groups excluding carboxylic acids is 1. The van der Waals surface area contributed by atoms with Crippen molar-refractivity contribution in [2.45, 2.75) is 25.0 Å². The van der Waals surface area contributed by atoms with Crippen LogP contribution in [0.1, 0.15) is 30.0 Å². The van der Waals surface area contributed by atoms with E-state index in [4.69, 9.17) is 4.74 Å². The maximum atomic E-state index is 12.4. The van der Waals surface area contributed by atoms with Crippen LogP contribution in [0.3, 0.4) is 0 Å². The topological polar surface area (TPSA) is 50.4 Å². The van der Waals surface area contributed by atoms with Crippen LogP contribution in [0.2, 0.25) is 0 Å². The van der Waals surface area contributed by atoms with Crippen molar-refractivity contribution < 1.29 is 9.53 Å². The minimum absolute atomic E-state index is 0. The summed E-state index contributed by atoms with van der Waals surface area (Å²) in [5.74, 6) is -0.00861. The van der Waals surface area contributed by atoms with Crippen molar-refractivity contribution in [3.05, 3.63) is 71.8 Å². The van der Waals surface area contributed by atoms with Gasteiger partial charge in [0.1, 0.15) is 0 Å². The van der Waals surface area contributed by atoms with Gasteiger partial charge >= 0.3 is 0 Å². The van der Waals surface area contributed by atoms with Crippen molar-refractivity contribution in [1.82, 2.24) is 10.6 Å². The van der Waals surface area contributed by atoms with Crippen LogP contribution in [0.15, 0.2) is 60.7 Å². The first-order valence-electron chi connectivity index (χ1n) is 8.54. The molecule has 0 spiro atoms. The highest BCUT2D eigenvalue weighted by Crippen LogP contribution is 2.21. The highest BCUT2D eigenvalue weighted by atomic mass is 35.5. The lowest BCUT2D eigenvalue weighted by molar-refractivity contribution is -0.120. The fourth-order valence-corrected chi connectivity index (χ4v) is 3.01. The Labute approximate surface area is 155 Å².